The lowest BCUT2D eigenvalue weighted by Crippen LogP contribution is -2.28. The number of aliphatic hydroxyl groups is 1. The number of hydrogen-bond acceptors (Lipinski definition) is 5. The van der Waals surface area contributed by atoms with Crippen molar-refractivity contribution in [1.29, 1.82) is 0 Å². The van der Waals surface area contributed by atoms with Crippen molar-refractivity contribution in [3.8, 4) is 11.5 Å². The average molecular weight is 367 g/mol. The van der Waals surface area contributed by atoms with E-state index in [1.54, 1.807) is 49.6 Å². The van der Waals surface area contributed by atoms with Gasteiger partial charge in [-0.1, -0.05) is 12.1 Å². The molecule has 1 atom stereocenters. The fourth-order valence-corrected chi connectivity index (χ4v) is 2.29. The second-order valence-electron chi connectivity index (χ2n) is 5.23. The fraction of sp³-hybridized carbons (Fsp3) is 0.278. The highest BCUT2D eigenvalue weighted by molar-refractivity contribution is 5.94. The minimum Gasteiger partial charge on any atom is -0.497 e. The number of nitrogens with one attached hydrogen (secondary N) is 1. The van der Waals surface area contributed by atoms with Crippen LogP contribution in [-0.4, -0.2) is 31.8 Å². The number of rotatable bonds is 7. The van der Waals surface area contributed by atoms with Crippen molar-refractivity contribution in [2.45, 2.75) is 12.6 Å². The third-order valence-electron chi connectivity index (χ3n) is 3.70. The second-order valence-corrected chi connectivity index (χ2v) is 5.23. The van der Waals surface area contributed by atoms with E-state index in [1.807, 2.05) is 0 Å². The Balaban J connectivity index is 0.00000312. The van der Waals surface area contributed by atoms with E-state index < -0.39 is 6.10 Å². The number of amides is 1. The molecule has 7 heteroatoms. The van der Waals surface area contributed by atoms with Crippen molar-refractivity contribution >= 4 is 18.3 Å². The van der Waals surface area contributed by atoms with Crippen LogP contribution in [0.5, 0.6) is 11.5 Å². The third kappa shape index (κ3) is 5.35. The molecule has 2 aromatic carbocycles. The molecular weight excluding hydrogens is 344 g/mol. The number of carbonyl (C=O) groups is 1. The second kappa shape index (κ2) is 9.88. The van der Waals surface area contributed by atoms with Gasteiger partial charge in [-0.15, -0.1) is 12.4 Å². The molecule has 0 saturated heterocycles. The molecule has 4 N–H and O–H groups in total. The van der Waals surface area contributed by atoms with E-state index in [0.29, 0.717) is 29.2 Å². The molecule has 1 unspecified atom stereocenters. The molecule has 0 aliphatic rings. The molecule has 0 fully saturated rings. The first-order chi connectivity index (χ1) is 11.6. The van der Waals surface area contributed by atoms with Gasteiger partial charge in [0, 0.05) is 24.2 Å². The topological polar surface area (TPSA) is 93.8 Å². The highest BCUT2D eigenvalue weighted by atomic mass is 35.5. The summed E-state index contributed by atoms with van der Waals surface area (Å²) in [5.41, 5.74) is 7.55. The van der Waals surface area contributed by atoms with Crippen LogP contribution in [0.2, 0.25) is 0 Å². The highest BCUT2D eigenvalue weighted by Gasteiger charge is 2.16. The molecule has 136 valence electrons. The maximum atomic E-state index is 12.1. The van der Waals surface area contributed by atoms with Crippen molar-refractivity contribution in [3.05, 3.63) is 59.2 Å². The molecule has 0 spiro atoms. The van der Waals surface area contributed by atoms with Gasteiger partial charge < -0.3 is 25.6 Å². The lowest BCUT2D eigenvalue weighted by molar-refractivity contribution is 0.0914. The number of ether oxygens (including phenoxy) is 2. The van der Waals surface area contributed by atoms with E-state index in [-0.39, 0.29) is 24.9 Å². The summed E-state index contributed by atoms with van der Waals surface area (Å²) in [5.74, 6) is 0.873. The van der Waals surface area contributed by atoms with Gasteiger partial charge in [-0.2, -0.15) is 0 Å². The number of aliphatic hydroxyl groups excluding tert-OH is 1. The van der Waals surface area contributed by atoms with E-state index in [2.05, 4.69) is 5.32 Å². The Hall–Kier alpha value is -2.28. The molecule has 0 aliphatic heterocycles. The molecule has 0 aromatic heterocycles. The van der Waals surface area contributed by atoms with Gasteiger partial charge in [0.2, 0.25) is 0 Å². The Labute approximate surface area is 153 Å². The summed E-state index contributed by atoms with van der Waals surface area (Å²) in [5, 5.41) is 13.1. The average Bonchev–Trinajstić information content (AvgIpc) is 2.65. The van der Waals surface area contributed by atoms with E-state index >= 15 is 0 Å². The Morgan fingerprint density at radius 2 is 1.84 bits per heavy atom. The molecule has 25 heavy (non-hydrogen) atoms. The molecule has 0 bridgehead atoms. The number of nitrogens with two attached hydrogens (primary N) is 1. The maximum absolute atomic E-state index is 12.1. The van der Waals surface area contributed by atoms with E-state index in [1.165, 1.54) is 7.11 Å². The molecule has 2 aromatic rings. The van der Waals surface area contributed by atoms with Gasteiger partial charge in [-0.25, -0.2) is 0 Å². The summed E-state index contributed by atoms with van der Waals surface area (Å²) in [6, 6.07) is 12.2. The first kappa shape index (κ1) is 20.8. The van der Waals surface area contributed by atoms with Crippen LogP contribution < -0.4 is 20.5 Å². The summed E-state index contributed by atoms with van der Waals surface area (Å²) in [6.45, 7) is 0.483. The Bertz CT molecular complexity index is 692. The van der Waals surface area contributed by atoms with Crippen LogP contribution in [-0.2, 0) is 6.54 Å². The fourth-order valence-electron chi connectivity index (χ4n) is 2.29. The quantitative estimate of drug-likeness (QED) is 0.697. The predicted octanol–water partition coefficient (Wildman–Crippen LogP) is 2.05. The van der Waals surface area contributed by atoms with Crippen LogP contribution >= 0.6 is 12.4 Å². The summed E-state index contributed by atoms with van der Waals surface area (Å²) in [6.07, 6.45) is -0.915. The number of halogens is 1. The van der Waals surface area contributed by atoms with Gasteiger partial charge in [-0.05, 0) is 35.9 Å². The lowest BCUT2D eigenvalue weighted by Gasteiger charge is -2.16. The predicted molar refractivity (Wildman–Crippen MR) is 98.4 cm³/mol. The minimum absolute atomic E-state index is 0. The molecule has 0 heterocycles. The maximum Gasteiger partial charge on any atom is 0.251 e. The minimum atomic E-state index is -0.915. The zero-order valence-electron chi connectivity index (χ0n) is 14.2. The third-order valence-corrected chi connectivity index (χ3v) is 3.70. The standard InChI is InChI=1S/C18H22N2O4.ClH/c1-23-14-7-8-17(24-2)15(9-14)16(21)11-20-18(22)13-5-3-12(10-19)4-6-13;/h3-9,16,21H,10-11,19H2,1-2H3,(H,20,22);1H. The Morgan fingerprint density at radius 3 is 2.40 bits per heavy atom. The summed E-state index contributed by atoms with van der Waals surface area (Å²) in [4.78, 5) is 12.1. The number of methoxy groups -OCH3 is 2. The van der Waals surface area contributed by atoms with Crippen LogP contribution in [0.25, 0.3) is 0 Å². The molecule has 0 aliphatic carbocycles. The summed E-state index contributed by atoms with van der Waals surface area (Å²) < 4.78 is 10.4. The zero-order valence-corrected chi connectivity index (χ0v) is 15.0. The summed E-state index contributed by atoms with van der Waals surface area (Å²) >= 11 is 0. The number of carbonyl (C=O) groups excluding carboxylic acids is 1. The molecule has 6 nitrogen and oxygen atoms in total. The largest absolute Gasteiger partial charge is 0.497 e. The number of hydrogen-bond donors (Lipinski definition) is 3. The smallest absolute Gasteiger partial charge is 0.251 e. The van der Waals surface area contributed by atoms with Crippen LogP contribution in [0.4, 0.5) is 0 Å². The first-order valence-corrected chi connectivity index (χ1v) is 7.56. The van der Waals surface area contributed by atoms with Crippen LogP contribution in [0.3, 0.4) is 0 Å². The van der Waals surface area contributed by atoms with Gasteiger partial charge in [0.15, 0.2) is 0 Å². The SMILES string of the molecule is COc1ccc(OC)c(C(O)CNC(=O)c2ccc(CN)cc2)c1.Cl. The molecule has 1 amide bonds. The number of benzene rings is 2. The van der Waals surface area contributed by atoms with E-state index in [9.17, 15) is 9.90 Å². The first-order valence-electron chi connectivity index (χ1n) is 7.56. The van der Waals surface area contributed by atoms with Crippen LogP contribution in [0, 0.1) is 0 Å². The van der Waals surface area contributed by atoms with Crippen molar-refractivity contribution in [3.63, 3.8) is 0 Å². The van der Waals surface area contributed by atoms with Gasteiger partial charge in [0.1, 0.15) is 17.6 Å². The van der Waals surface area contributed by atoms with Gasteiger partial charge in [-0.3, -0.25) is 4.79 Å². The molecule has 0 saturated carbocycles. The highest BCUT2D eigenvalue weighted by Crippen LogP contribution is 2.29. The Kier molecular flexibility index (Phi) is 8.21. The Morgan fingerprint density at radius 1 is 1.16 bits per heavy atom. The van der Waals surface area contributed by atoms with Gasteiger partial charge >= 0.3 is 0 Å². The van der Waals surface area contributed by atoms with Crippen molar-refractivity contribution in [1.82, 2.24) is 5.32 Å². The normalized spacial score (nSPS) is 11.2. The molecular formula is C18H23ClN2O4. The monoisotopic (exact) mass is 366 g/mol. The molecule has 2 rings (SSSR count). The van der Waals surface area contributed by atoms with Crippen molar-refractivity contribution < 1.29 is 19.4 Å². The van der Waals surface area contributed by atoms with Crippen LogP contribution in [0.1, 0.15) is 27.6 Å². The lowest BCUT2D eigenvalue weighted by atomic mass is 10.1. The van der Waals surface area contributed by atoms with Gasteiger partial charge in [0.25, 0.3) is 5.91 Å². The van der Waals surface area contributed by atoms with Crippen LogP contribution in [0.15, 0.2) is 42.5 Å². The van der Waals surface area contributed by atoms with Crippen molar-refractivity contribution in [2.24, 2.45) is 5.73 Å². The summed E-state index contributed by atoms with van der Waals surface area (Å²) in [7, 11) is 3.07. The van der Waals surface area contributed by atoms with Gasteiger partial charge in [0.05, 0.1) is 14.2 Å². The zero-order chi connectivity index (χ0) is 17.5. The molecule has 0 radical (unpaired) electrons. The van der Waals surface area contributed by atoms with Crippen molar-refractivity contribution in [2.75, 3.05) is 20.8 Å². The van der Waals surface area contributed by atoms with E-state index in [0.717, 1.165) is 5.56 Å². The van der Waals surface area contributed by atoms with E-state index in [4.69, 9.17) is 15.2 Å².